The number of aliphatic hydroxyl groups is 16. The number of ether oxygens (including phenoxy) is 12. The third kappa shape index (κ3) is 14.9. The van der Waals surface area contributed by atoms with Crippen molar-refractivity contribution in [3.05, 3.63) is 23.3 Å². The van der Waals surface area contributed by atoms with Gasteiger partial charge in [-0.15, -0.1) is 0 Å². The zero-order chi connectivity index (χ0) is 68.6. The Labute approximate surface area is 544 Å². The molecule has 0 spiro atoms. The van der Waals surface area contributed by atoms with Crippen molar-refractivity contribution in [3.63, 3.8) is 0 Å². The zero-order valence-corrected chi connectivity index (χ0v) is 54.4. The molecule has 4 aliphatic carbocycles. The molecule has 10 rings (SSSR count). The molecule has 32 nitrogen and oxygen atoms in total. The Hall–Kier alpha value is -1.77. The molecule has 9 fully saturated rings. The lowest BCUT2D eigenvalue weighted by Crippen LogP contribution is -2.67. The number of rotatable bonds is 20. The van der Waals surface area contributed by atoms with Crippen LogP contribution in [0.5, 0.6) is 0 Å². The van der Waals surface area contributed by atoms with Gasteiger partial charge in [-0.1, -0.05) is 37.1 Å². The number of aliphatic hydroxyl groups excluding tert-OH is 15. The van der Waals surface area contributed by atoms with E-state index in [1.54, 1.807) is 0 Å². The van der Waals surface area contributed by atoms with Gasteiger partial charge >= 0.3 is 10.4 Å². The highest BCUT2D eigenvalue weighted by Crippen LogP contribution is 2.67. The molecule has 542 valence electrons. The maximum Gasteiger partial charge on any atom is 0.397 e. The van der Waals surface area contributed by atoms with E-state index >= 15 is 0 Å². The van der Waals surface area contributed by atoms with Crippen LogP contribution in [-0.4, -0.2) is 311 Å². The van der Waals surface area contributed by atoms with Gasteiger partial charge in [0.1, 0.15) is 122 Å². The fraction of sp³-hybridized carbons (Fsp3) is 0.934. The quantitative estimate of drug-likeness (QED) is 0.0403. The SMILES string of the molecule is CC(C)=CCC[C@](C)(O)[C@H]1CCC2C3C[C@H](O[C@@H]4O[C@H](C)[C@@H](O)[C@H](O[C@@H]5OC[C@@H](O[C@@H]6O[C@H](CO)[C@H](O)[C@H](O)[C@H]6O[C@@H]6OC[C@H](O)[C@H](O[C@@H]7O[C@H](CO)[C@H](O)[C@H](O)[C@H]7O)[C@H]6O)[C@H](O)[C@H]5O[C@@H]5O[C@H](C)[C@@H](O)[C@H](O)[C@H]5O)[C@H]4O)C4C[C@@H](OS(=O)(=O)O)CC[C@]4(C)C3=CC[C@@]21C. The fourth-order valence-electron chi connectivity index (χ4n) is 16.8. The van der Waals surface area contributed by atoms with Crippen molar-refractivity contribution in [1.29, 1.82) is 0 Å². The van der Waals surface area contributed by atoms with E-state index in [0.29, 0.717) is 32.1 Å². The van der Waals surface area contributed by atoms with Crippen molar-refractivity contribution < 1.29 is 156 Å². The van der Waals surface area contributed by atoms with E-state index < -0.39 is 238 Å². The molecule has 17 N–H and O–H groups in total. The summed E-state index contributed by atoms with van der Waals surface area (Å²) in [6, 6.07) is 0. The van der Waals surface area contributed by atoms with E-state index in [0.717, 1.165) is 18.4 Å². The summed E-state index contributed by atoms with van der Waals surface area (Å²) < 4.78 is 112. The van der Waals surface area contributed by atoms with Gasteiger partial charge in [-0.25, -0.2) is 4.18 Å². The first-order valence-corrected chi connectivity index (χ1v) is 34.1. The predicted molar refractivity (Wildman–Crippen MR) is 313 cm³/mol. The average Bonchev–Trinajstić information content (AvgIpc) is 1.35. The summed E-state index contributed by atoms with van der Waals surface area (Å²) >= 11 is 0. The third-order valence-electron chi connectivity index (χ3n) is 22.1. The Bertz CT molecular complexity index is 2690. The zero-order valence-electron chi connectivity index (χ0n) is 53.6. The average molecular weight is 1380 g/mol. The van der Waals surface area contributed by atoms with Gasteiger partial charge in [0.05, 0.1) is 56.4 Å². The molecular weight excluding hydrogens is 1280 g/mol. The summed E-state index contributed by atoms with van der Waals surface area (Å²) in [4.78, 5) is 0. The first-order chi connectivity index (χ1) is 44.1. The minimum absolute atomic E-state index is 0.0567. The van der Waals surface area contributed by atoms with Crippen molar-refractivity contribution in [2.24, 2.45) is 34.5 Å². The van der Waals surface area contributed by atoms with Gasteiger partial charge in [-0.3, -0.25) is 4.55 Å². The van der Waals surface area contributed by atoms with Crippen LogP contribution in [0.3, 0.4) is 0 Å². The summed E-state index contributed by atoms with van der Waals surface area (Å²) in [5, 5.41) is 178. The lowest BCUT2D eigenvalue weighted by molar-refractivity contribution is -0.399. The molecule has 0 aromatic carbocycles. The largest absolute Gasteiger partial charge is 0.397 e. The Morgan fingerprint density at radius 2 is 1.13 bits per heavy atom. The van der Waals surface area contributed by atoms with Crippen molar-refractivity contribution in [2.45, 2.75) is 296 Å². The maximum atomic E-state index is 12.5. The van der Waals surface area contributed by atoms with Crippen LogP contribution in [-0.2, 0) is 71.4 Å². The van der Waals surface area contributed by atoms with E-state index in [-0.39, 0.29) is 36.0 Å². The summed E-state index contributed by atoms with van der Waals surface area (Å²) in [6.07, 6.45) is -43.0. The minimum atomic E-state index is -4.89. The highest BCUT2D eigenvalue weighted by atomic mass is 32.3. The first kappa shape index (κ1) is 74.9. The highest BCUT2D eigenvalue weighted by molar-refractivity contribution is 7.80. The van der Waals surface area contributed by atoms with Crippen LogP contribution in [0, 0.1) is 34.5 Å². The number of hydrogen-bond acceptors (Lipinski definition) is 31. The molecule has 0 bridgehead atoms. The number of hydrogen-bond donors (Lipinski definition) is 17. The Morgan fingerprint density at radius 1 is 0.585 bits per heavy atom. The lowest BCUT2D eigenvalue weighted by Gasteiger charge is -2.60. The van der Waals surface area contributed by atoms with Gasteiger partial charge in [-0.05, 0) is 127 Å². The van der Waals surface area contributed by atoms with Crippen molar-refractivity contribution >= 4 is 10.4 Å². The molecule has 0 radical (unpaired) electrons. The van der Waals surface area contributed by atoms with Crippen LogP contribution in [0.2, 0.25) is 0 Å². The van der Waals surface area contributed by atoms with Gasteiger partial charge in [0.25, 0.3) is 0 Å². The minimum Gasteiger partial charge on any atom is -0.394 e. The van der Waals surface area contributed by atoms with E-state index in [4.69, 9.17) is 61.0 Å². The molecule has 0 aromatic heterocycles. The molecule has 94 heavy (non-hydrogen) atoms. The molecule has 3 unspecified atom stereocenters. The predicted octanol–water partition coefficient (Wildman–Crippen LogP) is -4.50. The monoisotopic (exact) mass is 1380 g/mol. The molecule has 6 heterocycles. The number of allylic oxidation sites excluding steroid dienone is 4. The van der Waals surface area contributed by atoms with Gasteiger partial charge in [0.15, 0.2) is 37.7 Å². The maximum absolute atomic E-state index is 12.5. The molecule has 10 aliphatic rings. The van der Waals surface area contributed by atoms with Crippen LogP contribution in [0.15, 0.2) is 23.3 Å². The lowest BCUT2D eigenvalue weighted by atomic mass is 9.47. The van der Waals surface area contributed by atoms with E-state index in [2.05, 4.69) is 26.0 Å². The normalized spacial score (nSPS) is 51.6. The van der Waals surface area contributed by atoms with Crippen molar-refractivity contribution in [3.8, 4) is 0 Å². The van der Waals surface area contributed by atoms with E-state index in [9.17, 15) is 94.7 Å². The molecule has 0 amide bonds. The van der Waals surface area contributed by atoms with Gasteiger partial charge in [0, 0.05) is 0 Å². The second kappa shape index (κ2) is 29.7. The highest BCUT2D eigenvalue weighted by Gasteiger charge is 2.64. The topological polar surface area (TPSA) is 498 Å². The molecule has 6 saturated heterocycles. The summed E-state index contributed by atoms with van der Waals surface area (Å²) in [7, 11) is -4.89. The molecule has 37 atom stereocenters. The molecule has 6 aliphatic heterocycles. The fourth-order valence-corrected chi connectivity index (χ4v) is 17.3. The van der Waals surface area contributed by atoms with Crippen molar-refractivity contribution in [1.82, 2.24) is 0 Å². The van der Waals surface area contributed by atoms with Crippen LogP contribution < -0.4 is 0 Å². The Kier molecular flexibility index (Phi) is 23.6. The smallest absolute Gasteiger partial charge is 0.394 e. The molecular formula is C61H100O32S. The van der Waals surface area contributed by atoms with Crippen molar-refractivity contribution in [2.75, 3.05) is 26.4 Å². The second-order valence-corrected chi connectivity index (χ2v) is 29.6. The van der Waals surface area contributed by atoms with Crippen LogP contribution in [0.4, 0.5) is 0 Å². The van der Waals surface area contributed by atoms with E-state index in [1.165, 1.54) is 19.4 Å². The van der Waals surface area contributed by atoms with Crippen LogP contribution in [0.25, 0.3) is 0 Å². The first-order valence-electron chi connectivity index (χ1n) is 32.7. The van der Waals surface area contributed by atoms with Gasteiger partial charge < -0.3 is 139 Å². The Morgan fingerprint density at radius 3 is 1.78 bits per heavy atom. The molecule has 0 aromatic rings. The van der Waals surface area contributed by atoms with Gasteiger partial charge in [0.2, 0.25) is 0 Å². The van der Waals surface area contributed by atoms with Gasteiger partial charge in [-0.2, -0.15) is 8.42 Å². The third-order valence-corrected chi connectivity index (χ3v) is 22.6. The standard InChI is InChI=1S/C61H100O32S/c1-23(2)9-8-14-61(7,77)36-11-10-28-27-18-32(30-17-26(93-94(78,79)80)12-15-59(30,5)29(27)13-16-60(28,36)6)85-56-48(76)50(38(66)25(4)84-56)90-57-51(92-54-45(73)42(70)37(65)24(3)83-54)41(69)35(22-82-57)88-58-52(44(72)40(68)34(20-63)87-58)91-53-47(75)49(31(64)21-81-53)89-55-46(74)43(71)39(67)33(19-62)86-55/h9,13,24-28,30-58,62-77H,8,10-12,14-22H2,1-7H3,(H,78,79,80)/t24-,25-,26+,27?,28?,30?,31+,32+,33-,34-,35-,36+,37-,38-,39+,40+,41+,42+,43+,44+,45-,46-,47-,48-,49+,50+,51-,52-,53+,54+,55+,56+,57+,58+,59-,60+,61+/m1/s1. The van der Waals surface area contributed by atoms with Crippen LogP contribution >= 0.6 is 0 Å². The van der Waals surface area contributed by atoms with E-state index in [1.807, 2.05) is 20.8 Å². The number of fused-ring (bicyclic) bond motifs is 5. The summed E-state index contributed by atoms with van der Waals surface area (Å²) in [5.41, 5.74) is 0.386. The second-order valence-electron chi connectivity index (χ2n) is 28.5. The van der Waals surface area contributed by atoms with Crippen LogP contribution in [0.1, 0.15) is 106 Å². The molecule has 33 heteroatoms. The summed E-state index contributed by atoms with van der Waals surface area (Å²) in [5.74, 6) is -0.582. The summed E-state index contributed by atoms with van der Waals surface area (Å²) in [6.45, 7) is 9.95. The molecule has 3 saturated carbocycles. The Balaban J connectivity index is 0.898.